The zero-order chi connectivity index (χ0) is 13.8. The third-order valence-electron chi connectivity index (χ3n) is 2.49. The first kappa shape index (κ1) is 14.0. The van der Waals surface area contributed by atoms with Gasteiger partial charge in [-0.15, -0.1) is 0 Å². The summed E-state index contributed by atoms with van der Waals surface area (Å²) >= 11 is 6.70. The molecule has 5 nitrogen and oxygen atoms in total. The molecule has 0 aliphatic heterocycles. The molecule has 7 heteroatoms. The van der Waals surface area contributed by atoms with Crippen LogP contribution in [0.25, 0.3) is 0 Å². The molecule has 0 aliphatic carbocycles. The van der Waals surface area contributed by atoms with Crippen molar-refractivity contribution in [1.82, 2.24) is 4.98 Å². The van der Waals surface area contributed by atoms with Crippen LogP contribution in [0.5, 0.6) is 0 Å². The highest BCUT2D eigenvalue weighted by Gasteiger charge is 2.17. The minimum Gasteiger partial charge on any atom is -0.374 e. The van der Waals surface area contributed by atoms with Crippen molar-refractivity contribution >= 4 is 43.2 Å². The van der Waals surface area contributed by atoms with Crippen LogP contribution in [0.3, 0.4) is 0 Å². The molecule has 1 aromatic heterocycles. The molecule has 0 spiro atoms. The van der Waals surface area contributed by atoms with Crippen LogP contribution in [0.1, 0.15) is 5.56 Å². The van der Waals surface area contributed by atoms with E-state index in [1.54, 1.807) is 0 Å². The second-order valence-electron chi connectivity index (χ2n) is 3.72. The van der Waals surface area contributed by atoms with Gasteiger partial charge in [0.2, 0.25) is 0 Å². The van der Waals surface area contributed by atoms with E-state index in [1.807, 2.05) is 24.3 Å². The molecule has 1 heterocycles. The van der Waals surface area contributed by atoms with Crippen LogP contribution in [0.2, 0.25) is 0 Å². The predicted molar refractivity (Wildman–Crippen MR) is 80.1 cm³/mol. The number of aromatic nitrogens is 1. The minimum atomic E-state index is -0.458. The highest BCUT2D eigenvalue weighted by atomic mass is 79.9. The van der Waals surface area contributed by atoms with E-state index in [0.29, 0.717) is 16.7 Å². The van der Waals surface area contributed by atoms with Gasteiger partial charge in [0.1, 0.15) is 11.9 Å². The number of pyridine rings is 1. The smallest absolute Gasteiger partial charge is 0.311 e. The van der Waals surface area contributed by atoms with Gasteiger partial charge in [0.15, 0.2) is 0 Å². The highest BCUT2D eigenvalue weighted by molar-refractivity contribution is 9.11. The molecular weight excluding hydrogens is 378 g/mol. The highest BCUT2D eigenvalue weighted by Crippen LogP contribution is 2.31. The molecule has 0 saturated carbocycles. The summed E-state index contributed by atoms with van der Waals surface area (Å²) in [4.78, 5) is 14.3. The van der Waals surface area contributed by atoms with E-state index in [-0.39, 0.29) is 5.69 Å². The van der Waals surface area contributed by atoms with Crippen LogP contribution in [-0.2, 0) is 6.54 Å². The van der Waals surface area contributed by atoms with E-state index >= 15 is 0 Å². The lowest BCUT2D eigenvalue weighted by Gasteiger charge is -2.09. The van der Waals surface area contributed by atoms with Crippen molar-refractivity contribution in [3.05, 3.63) is 61.3 Å². The molecule has 0 aliphatic rings. The Hall–Kier alpha value is -1.47. The number of hydrogen-bond acceptors (Lipinski definition) is 4. The van der Waals surface area contributed by atoms with Gasteiger partial charge in [-0.05, 0) is 27.6 Å². The molecule has 19 heavy (non-hydrogen) atoms. The maximum Gasteiger partial charge on any atom is 0.311 e. The van der Waals surface area contributed by atoms with Gasteiger partial charge in [-0.1, -0.05) is 34.1 Å². The number of anilines is 1. The number of halogens is 2. The van der Waals surface area contributed by atoms with Crippen LogP contribution < -0.4 is 5.32 Å². The average Bonchev–Trinajstić information content (AvgIpc) is 2.38. The minimum absolute atomic E-state index is 0.0542. The van der Waals surface area contributed by atoms with Crippen molar-refractivity contribution in [1.29, 1.82) is 0 Å². The maximum atomic E-state index is 10.9. The molecule has 98 valence electrons. The monoisotopic (exact) mass is 385 g/mol. The Balaban J connectivity index is 2.25. The first-order valence-corrected chi connectivity index (χ1v) is 6.93. The second kappa shape index (κ2) is 6.12. The molecular formula is C12H9Br2N3O2. The van der Waals surface area contributed by atoms with Crippen molar-refractivity contribution in [3.8, 4) is 0 Å². The topological polar surface area (TPSA) is 68.1 Å². The summed E-state index contributed by atoms with van der Waals surface area (Å²) in [6, 6.07) is 7.70. The standard InChI is InChI=1S/C12H9Br2N3O2/c13-9-4-2-1-3-8(9)5-16-12-10(14)6-15-7-11(12)17(18)19/h1-4,6-7H,5H2,(H,15,16). The maximum absolute atomic E-state index is 10.9. The Morgan fingerprint density at radius 1 is 1.21 bits per heavy atom. The number of nitrogens with zero attached hydrogens (tertiary/aromatic N) is 2. The van der Waals surface area contributed by atoms with Gasteiger partial charge >= 0.3 is 5.69 Å². The lowest BCUT2D eigenvalue weighted by atomic mass is 10.2. The van der Waals surface area contributed by atoms with Crippen LogP contribution in [0, 0.1) is 10.1 Å². The van der Waals surface area contributed by atoms with E-state index in [1.165, 1.54) is 12.4 Å². The van der Waals surface area contributed by atoms with Crippen molar-refractivity contribution in [3.63, 3.8) is 0 Å². The van der Waals surface area contributed by atoms with Crippen LogP contribution >= 0.6 is 31.9 Å². The van der Waals surface area contributed by atoms with E-state index in [0.717, 1.165) is 10.0 Å². The number of nitrogens with one attached hydrogen (secondary N) is 1. The summed E-state index contributed by atoms with van der Waals surface area (Å²) in [7, 11) is 0. The fourth-order valence-corrected chi connectivity index (χ4v) is 2.45. The lowest BCUT2D eigenvalue weighted by molar-refractivity contribution is -0.384. The van der Waals surface area contributed by atoms with Gasteiger partial charge in [0, 0.05) is 17.2 Å². The van der Waals surface area contributed by atoms with Crippen LogP contribution in [0.4, 0.5) is 11.4 Å². The van der Waals surface area contributed by atoms with Gasteiger partial charge < -0.3 is 5.32 Å². The summed E-state index contributed by atoms with van der Waals surface area (Å²) in [6.45, 7) is 0.477. The van der Waals surface area contributed by atoms with Crippen molar-refractivity contribution in [2.75, 3.05) is 5.32 Å². The van der Waals surface area contributed by atoms with Gasteiger partial charge in [0.05, 0.1) is 9.40 Å². The van der Waals surface area contributed by atoms with Gasteiger partial charge in [-0.25, -0.2) is 0 Å². The van der Waals surface area contributed by atoms with E-state index in [9.17, 15) is 10.1 Å². The largest absolute Gasteiger partial charge is 0.374 e. The fraction of sp³-hybridized carbons (Fsp3) is 0.0833. The number of rotatable bonds is 4. The third-order valence-corrected chi connectivity index (χ3v) is 3.86. The molecule has 0 saturated heterocycles. The summed E-state index contributed by atoms with van der Waals surface area (Å²) in [5.74, 6) is 0. The van der Waals surface area contributed by atoms with Gasteiger partial charge in [-0.3, -0.25) is 15.1 Å². The van der Waals surface area contributed by atoms with E-state index < -0.39 is 4.92 Å². The molecule has 2 aromatic rings. The zero-order valence-electron chi connectivity index (χ0n) is 9.64. The van der Waals surface area contributed by atoms with Crippen LogP contribution in [-0.4, -0.2) is 9.91 Å². The molecule has 0 fully saturated rings. The normalized spacial score (nSPS) is 10.2. The van der Waals surface area contributed by atoms with Crippen molar-refractivity contribution < 1.29 is 4.92 Å². The fourth-order valence-electron chi connectivity index (χ4n) is 1.56. The Kier molecular flexibility index (Phi) is 4.49. The molecule has 1 N–H and O–H groups in total. The number of benzene rings is 1. The Bertz CT molecular complexity index is 620. The first-order chi connectivity index (χ1) is 9.09. The van der Waals surface area contributed by atoms with Crippen molar-refractivity contribution in [2.24, 2.45) is 0 Å². The molecule has 1 aromatic carbocycles. The second-order valence-corrected chi connectivity index (χ2v) is 5.43. The van der Waals surface area contributed by atoms with E-state index in [4.69, 9.17) is 0 Å². The van der Waals surface area contributed by atoms with Gasteiger partial charge in [-0.2, -0.15) is 0 Å². The Labute approximate surface area is 126 Å². The molecule has 0 radical (unpaired) electrons. The van der Waals surface area contributed by atoms with Crippen molar-refractivity contribution in [2.45, 2.75) is 6.54 Å². The molecule has 0 unspecified atom stereocenters. The number of hydrogen-bond donors (Lipinski definition) is 1. The predicted octanol–water partition coefficient (Wildman–Crippen LogP) is 4.13. The molecule has 2 rings (SSSR count). The van der Waals surface area contributed by atoms with Gasteiger partial charge in [0.25, 0.3) is 0 Å². The first-order valence-electron chi connectivity index (χ1n) is 5.34. The quantitative estimate of drug-likeness (QED) is 0.633. The SMILES string of the molecule is O=[N+]([O-])c1cncc(Br)c1NCc1ccccc1Br. The lowest BCUT2D eigenvalue weighted by Crippen LogP contribution is -2.04. The molecule has 0 amide bonds. The summed E-state index contributed by atoms with van der Waals surface area (Å²) in [5, 5.41) is 14.0. The summed E-state index contributed by atoms with van der Waals surface area (Å²) in [5.41, 5.74) is 1.39. The molecule has 0 atom stereocenters. The Morgan fingerprint density at radius 3 is 2.63 bits per heavy atom. The third kappa shape index (κ3) is 3.30. The van der Waals surface area contributed by atoms with E-state index in [2.05, 4.69) is 42.2 Å². The average molecular weight is 387 g/mol. The Morgan fingerprint density at radius 2 is 1.95 bits per heavy atom. The zero-order valence-corrected chi connectivity index (χ0v) is 12.8. The molecule has 0 bridgehead atoms. The number of nitro groups is 1. The summed E-state index contributed by atoms with van der Waals surface area (Å²) in [6.07, 6.45) is 2.75. The van der Waals surface area contributed by atoms with Crippen LogP contribution in [0.15, 0.2) is 45.6 Å². The summed E-state index contributed by atoms with van der Waals surface area (Å²) < 4.78 is 1.52.